The molecule has 2 rings (SSSR count). The maximum atomic E-state index is 12.3. The van der Waals surface area contributed by atoms with Crippen molar-refractivity contribution in [2.45, 2.75) is 20.0 Å². The van der Waals surface area contributed by atoms with E-state index in [9.17, 15) is 4.39 Å². The third-order valence-corrected chi connectivity index (χ3v) is 3.21. The van der Waals surface area contributed by atoms with E-state index in [4.69, 9.17) is 0 Å². The van der Waals surface area contributed by atoms with E-state index < -0.39 is 6.67 Å². The Hall–Kier alpha value is -1.07. The standard InChI is InChI=1S/C11H14FN3S.ClH/c1-9-7-14-15(5-4-12)11(9)13-8-10-3-2-6-16-10;/h2-3,6-7,13H,4-5,8H2,1H3;1H. The van der Waals surface area contributed by atoms with Crippen molar-refractivity contribution in [1.82, 2.24) is 9.78 Å². The van der Waals surface area contributed by atoms with Gasteiger partial charge in [-0.2, -0.15) is 5.10 Å². The summed E-state index contributed by atoms with van der Waals surface area (Å²) in [5.74, 6) is 0.908. The van der Waals surface area contributed by atoms with Crippen molar-refractivity contribution >= 4 is 29.6 Å². The largest absolute Gasteiger partial charge is 0.365 e. The average molecular weight is 276 g/mol. The molecular formula is C11H15ClFN3S. The van der Waals surface area contributed by atoms with Crippen molar-refractivity contribution in [3.05, 3.63) is 34.2 Å². The van der Waals surface area contributed by atoms with Crippen LogP contribution in [0.2, 0.25) is 0 Å². The van der Waals surface area contributed by atoms with Gasteiger partial charge in [-0.25, -0.2) is 9.07 Å². The molecule has 0 spiro atoms. The summed E-state index contributed by atoms with van der Waals surface area (Å²) in [7, 11) is 0. The fourth-order valence-corrected chi connectivity index (χ4v) is 2.19. The molecule has 6 heteroatoms. The molecule has 2 aromatic rings. The van der Waals surface area contributed by atoms with Crippen molar-refractivity contribution in [1.29, 1.82) is 0 Å². The predicted molar refractivity (Wildman–Crippen MR) is 71.8 cm³/mol. The quantitative estimate of drug-likeness (QED) is 0.908. The van der Waals surface area contributed by atoms with E-state index >= 15 is 0 Å². The molecule has 0 aliphatic rings. The lowest BCUT2D eigenvalue weighted by molar-refractivity contribution is 0.429. The van der Waals surface area contributed by atoms with Gasteiger partial charge < -0.3 is 5.32 Å². The van der Waals surface area contributed by atoms with Crippen LogP contribution in [0, 0.1) is 6.92 Å². The minimum atomic E-state index is -0.394. The molecule has 0 unspecified atom stereocenters. The first-order valence-electron chi connectivity index (χ1n) is 5.16. The zero-order valence-electron chi connectivity index (χ0n) is 9.52. The van der Waals surface area contributed by atoms with Crippen molar-refractivity contribution < 1.29 is 4.39 Å². The van der Waals surface area contributed by atoms with Crippen LogP contribution < -0.4 is 5.32 Å². The van der Waals surface area contributed by atoms with Crippen LogP contribution in [-0.2, 0) is 13.1 Å². The maximum absolute atomic E-state index is 12.3. The number of hydrogen-bond donors (Lipinski definition) is 1. The van der Waals surface area contributed by atoms with Gasteiger partial charge in [0, 0.05) is 10.4 Å². The molecular weight excluding hydrogens is 261 g/mol. The predicted octanol–water partition coefficient (Wildman–Crippen LogP) is 3.26. The van der Waals surface area contributed by atoms with Crippen LogP contribution in [0.25, 0.3) is 0 Å². The molecule has 17 heavy (non-hydrogen) atoms. The summed E-state index contributed by atoms with van der Waals surface area (Å²) < 4.78 is 14.0. The van der Waals surface area contributed by atoms with Crippen LogP contribution in [0.4, 0.5) is 10.2 Å². The van der Waals surface area contributed by atoms with E-state index in [2.05, 4.69) is 16.5 Å². The molecule has 3 nitrogen and oxygen atoms in total. The summed E-state index contributed by atoms with van der Waals surface area (Å²) in [5.41, 5.74) is 1.05. The smallest absolute Gasteiger partial charge is 0.127 e. The van der Waals surface area contributed by atoms with Gasteiger partial charge in [-0.1, -0.05) is 6.07 Å². The molecule has 1 N–H and O–H groups in total. The third-order valence-electron chi connectivity index (χ3n) is 2.33. The lowest BCUT2D eigenvalue weighted by Gasteiger charge is -2.08. The van der Waals surface area contributed by atoms with Crippen LogP contribution in [0.5, 0.6) is 0 Å². The van der Waals surface area contributed by atoms with Crippen molar-refractivity contribution in [3.63, 3.8) is 0 Å². The molecule has 2 aromatic heterocycles. The first-order valence-corrected chi connectivity index (χ1v) is 6.04. The van der Waals surface area contributed by atoms with E-state index in [1.165, 1.54) is 4.88 Å². The molecule has 94 valence electrons. The second-order valence-corrected chi connectivity index (χ2v) is 4.55. The Morgan fingerprint density at radius 2 is 2.35 bits per heavy atom. The molecule has 0 aliphatic carbocycles. The molecule has 0 atom stereocenters. The fraction of sp³-hybridized carbons (Fsp3) is 0.364. The topological polar surface area (TPSA) is 29.9 Å². The van der Waals surface area contributed by atoms with E-state index in [1.54, 1.807) is 22.2 Å². The molecule has 0 saturated carbocycles. The van der Waals surface area contributed by atoms with Crippen molar-refractivity contribution in [2.24, 2.45) is 0 Å². The molecule has 0 fully saturated rings. The average Bonchev–Trinajstić information content (AvgIpc) is 2.88. The zero-order chi connectivity index (χ0) is 11.4. The number of thiophene rings is 1. The Balaban J connectivity index is 0.00000144. The number of aromatic nitrogens is 2. The van der Waals surface area contributed by atoms with Crippen LogP contribution in [0.15, 0.2) is 23.7 Å². The van der Waals surface area contributed by atoms with Gasteiger partial charge in [0.15, 0.2) is 0 Å². The molecule has 0 amide bonds. The molecule has 0 radical (unpaired) electrons. The second kappa shape index (κ2) is 6.61. The molecule has 0 saturated heterocycles. The minimum Gasteiger partial charge on any atom is -0.365 e. The normalized spacial score (nSPS) is 10.0. The van der Waals surface area contributed by atoms with Gasteiger partial charge in [-0.15, -0.1) is 23.7 Å². The van der Waals surface area contributed by atoms with E-state index in [-0.39, 0.29) is 12.4 Å². The Morgan fingerprint density at radius 3 is 3.00 bits per heavy atom. The number of alkyl halides is 1. The summed E-state index contributed by atoms with van der Waals surface area (Å²) in [5, 5.41) is 9.46. The highest BCUT2D eigenvalue weighted by Crippen LogP contribution is 2.16. The number of rotatable bonds is 5. The maximum Gasteiger partial charge on any atom is 0.127 e. The first-order chi connectivity index (χ1) is 7.81. The van der Waals surface area contributed by atoms with Crippen LogP contribution >= 0.6 is 23.7 Å². The Labute approximate surface area is 110 Å². The Morgan fingerprint density at radius 1 is 1.53 bits per heavy atom. The van der Waals surface area contributed by atoms with Gasteiger partial charge in [0.1, 0.15) is 12.5 Å². The molecule has 2 heterocycles. The van der Waals surface area contributed by atoms with Crippen molar-refractivity contribution in [3.8, 4) is 0 Å². The lowest BCUT2D eigenvalue weighted by Crippen LogP contribution is -2.09. The third kappa shape index (κ3) is 3.44. The van der Waals surface area contributed by atoms with E-state index in [0.29, 0.717) is 6.54 Å². The highest BCUT2D eigenvalue weighted by atomic mass is 35.5. The zero-order valence-corrected chi connectivity index (χ0v) is 11.2. The number of halogens is 2. The summed E-state index contributed by atoms with van der Waals surface area (Å²) in [6, 6.07) is 4.09. The van der Waals surface area contributed by atoms with Crippen molar-refractivity contribution in [2.75, 3.05) is 12.0 Å². The number of nitrogens with zero attached hydrogens (tertiary/aromatic N) is 2. The monoisotopic (exact) mass is 275 g/mol. The Kier molecular flexibility index (Phi) is 5.44. The first kappa shape index (κ1) is 14.0. The molecule has 0 aromatic carbocycles. The molecule has 0 bridgehead atoms. The van der Waals surface area contributed by atoms with Gasteiger partial charge >= 0.3 is 0 Å². The number of hydrogen-bond acceptors (Lipinski definition) is 3. The lowest BCUT2D eigenvalue weighted by atomic mass is 10.3. The van der Waals surface area contributed by atoms with Crippen LogP contribution in [-0.4, -0.2) is 16.5 Å². The highest BCUT2D eigenvalue weighted by molar-refractivity contribution is 7.09. The SMILES string of the molecule is Cc1cnn(CCF)c1NCc1cccs1.Cl. The molecule has 0 aliphatic heterocycles. The fourth-order valence-electron chi connectivity index (χ4n) is 1.54. The number of nitrogens with one attached hydrogen (secondary N) is 1. The van der Waals surface area contributed by atoms with E-state index in [1.807, 2.05) is 18.4 Å². The summed E-state index contributed by atoms with van der Waals surface area (Å²) >= 11 is 1.70. The van der Waals surface area contributed by atoms with Gasteiger partial charge in [0.2, 0.25) is 0 Å². The van der Waals surface area contributed by atoms with Crippen LogP contribution in [0.3, 0.4) is 0 Å². The van der Waals surface area contributed by atoms with Gasteiger partial charge in [0.25, 0.3) is 0 Å². The minimum absolute atomic E-state index is 0. The van der Waals surface area contributed by atoms with Gasteiger partial charge in [0.05, 0.1) is 19.3 Å². The second-order valence-electron chi connectivity index (χ2n) is 3.52. The highest BCUT2D eigenvalue weighted by Gasteiger charge is 2.06. The van der Waals surface area contributed by atoms with Gasteiger partial charge in [-0.05, 0) is 18.4 Å². The van der Waals surface area contributed by atoms with Crippen LogP contribution in [0.1, 0.15) is 10.4 Å². The summed E-state index contributed by atoms with van der Waals surface area (Å²) in [6.45, 7) is 2.64. The summed E-state index contributed by atoms with van der Waals surface area (Å²) in [6.07, 6.45) is 1.76. The van der Waals surface area contributed by atoms with Gasteiger partial charge in [-0.3, -0.25) is 0 Å². The number of anilines is 1. The Bertz CT molecular complexity index is 442. The van der Waals surface area contributed by atoms with E-state index in [0.717, 1.165) is 17.9 Å². The summed E-state index contributed by atoms with van der Waals surface area (Å²) in [4.78, 5) is 1.26. The number of aryl methyl sites for hydroxylation is 2.